The zero-order valence-electron chi connectivity index (χ0n) is 12.6. The highest BCUT2D eigenvalue weighted by atomic mass is 14.8. The van der Waals surface area contributed by atoms with Crippen molar-refractivity contribution in [3.63, 3.8) is 0 Å². The Labute approximate surface area is 110 Å². The molecule has 104 valence electrons. The van der Waals surface area contributed by atoms with Crippen LogP contribution in [0.3, 0.4) is 0 Å². The molecular weight excluding hydrogens is 206 g/mol. The average Bonchev–Trinajstić information content (AvgIpc) is 2.30. The van der Waals surface area contributed by atoms with Crippen LogP contribution in [0.15, 0.2) is 0 Å². The lowest BCUT2D eigenvalue weighted by atomic mass is 10.0. The van der Waals surface area contributed by atoms with Gasteiger partial charge in [-0.05, 0) is 25.4 Å². The van der Waals surface area contributed by atoms with Crippen LogP contribution in [0.25, 0.3) is 0 Å². The number of hydrogen-bond acceptors (Lipinski definition) is 1. The van der Waals surface area contributed by atoms with Crippen LogP contribution in [0.4, 0.5) is 0 Å². The molecule has 1 N–H and O–H groups in total. The van der Waals surface area contributed by atoms with Crippen LogP contribution in [-0.4, -0.2) is 13.1 Å². The normalized spacial score (nSPS) is 11.3. The molecule has 0 aliphatic rings. The zero-order chi connectivity index (χ0) is 12.8. The Morgan fingerprint density at radius 2 is 1.18 bits per heavy atom. The predicted molar refractivity (Wildman–Crippen MR) is 79.6 cm³/mol. The van der Waals surface area contributed by atoms with Crippen molar-refractivity contribution in [1.82, 2.24) is 5.32 Å². The number of unbranched alkanes of at least 4 members (excludes halogenated alkanes) is 8. The van der Waals surface area contributed by atoms with Crippen molar-refractivity contribution in [3.05, 3.63) is 0 Å². The Kier molecular flexibility index (Phi) is 14.0. The van der Waals surface area contributed by atoms with Gasteiger partial charge in [-0.3, -0.25) is 0 Å². The summed E-state index contributed by atoms with van der Waals surface area (Å²) < 4.78 is 0. The van der Waals surface area contributed by atoms with Crippen molar-refractivity contribution in [2.45, 2.75) is 85.0 Å². The monoisotopic (exact) mass is 241 g/mol. The molecule has 0 heterocycles. The van der Waals surface area contributed by atoms with E-state index in [2.05, 4.69) is 26.1 Å². The van der Waals surface area contributed by atoms with E-state index in [1.54, 1.807) is 0 Å². The Morgan fingerprint density at radius 3 is 1.65 bits per heavy atom. The van der Waals surface area contributed by atoms with Gasteiger partial charge in [0.2, 0.25) is 0 Å². The molecule has 0 saturated heterocycles. The standard InChI is InChI=1S/C16H35N/c1-4-17-15-13-11-9-7-5-6-8-10-12-14-16(2)3/h16-17H,4-15H2,1-3H3. The molecule has 0 aromatic heterocycles. The molecule has 1 heteroatoms. The molecule has 0 aliphatic heterocycles. The zero-order valence-corrected chi connectivity index (χ0v) is 12.6. The minimum Gasteiger partial charge on any atom is -0.317 e. The van der Waals surface area contributed by atoms with E-state index < -0.39 is 0 Å². The van der Waals surface area contributed by atoms with E-state index in [0.29, 0.717) is 0 Å². The SMILES string of the molecule is CCNCCCCCCCCCCCC(C)C. The predicted octanol–water partition coefficient (Wildman–Crippen LogP) is 5.15. The summed E-state index contributed by atoms with van der Waals surface area (Å²) in [5, 5.41) is 3.38. The van der Waals surface area contributed by atoms with Crippen LogP contribution >= 0.6 is 0 Å². The van der Waals surface area contributed by atoms with Crippen LogP contribution in [0.2, 0.25) is 0 Å². The van der Waals surface area contributed by atoms with Gasteiger partial charge in [0, 0.05) is 0 Å². The fourth-order valence-corrected chi connectivity index (χ4v) is 2.22. The van der Waals surface area contributed by atoms with Gasteiger partial charge in [0.1, 0.15) is 0 Å². The van der Waals surface area contributed by atoms with Crippen LogP contribution in [-0.2, 0) is 0 Å². The van der Waals surface area contributed by atoms with E-state index >= 15 is 0 Å². The van der Waals surface area contributed by atoms with Gasteiger partial charge in [-0.25, -0.2) is 0 Å². The third kappa shape index (κ3) is 16.0. The molecule has 0 radical (unpaired) electrons. The Balaban J connectivity index is 2.89. The third-order valence-electron chi connectivity index (χ3n) is 3.39. The highest BCUT2D eigenvalue weighted by Crippen LogP contribution is 2.12. The second-order valence-electron chi connectivity index (χ2n) is 5.72. The maximum Gasteiger partial charge on any atom is -0.00490 e. The first-order valence-corrected chi connectivity index (χ1v) is 7.98. The first kappa shape index (κ1) is 17.0. The molecule has 1 nitrogen and oxygen atoms in total. The van der Waals surface area contributed by atoms with Crippen LogP contribution < -0.4 is 5.32 Å². The topological polar surface area (TPSA) is 12.0 Å². The van der Waals surface area contributed by atoms with Gasteiger partial charge in [-0.15, -0.1) is 0 Å². The molecule has 0 aliphatic carbocycles. The second kappa shape index (κ2) is 14.0. The lowest BCUT2D eigenvalue weighted by Gasteiger charge is -2.04. The molecule has 0 aromatic rings. The van der Waals surface area contributed by atoms with Gasteiger partial charge in [0.05, 0.1) is 0 Å². The van der Waals surface area contributed by atoms with Gasteiger partial charge in [0.15, 0.2) is 0 Å². The smallest absolute Gasteiger partial charge is 0.00490 e. The van der Waals surface area contributed by atoms with E-state index in [1.807, 2.05) is 0 Å². The van der Waals surface area contributed by atoms with Gasteiger partial charge in [0.25, 0.3) is 0 Å². The fraction of sp³-hybridized carbons (Fsp3) is 1.00. The molecule has 0 unspecified atom stereocenters. The molecule has 0 fully saturated rings. The molecule has 0 aromatic carbocycles. The Bertz CT molecular complexity index is 131. The number of hydrogen-bond donors (Lipinski definition) is 1. The summed E-state index contributed by atoms with van der Waals surface area (Å²) in [5.74, 6) is 0.895. The Hall–Kier alpha value is -0.0400. The summed E-state index contributed by atoms with van der Waals surface area (Å²) in [6.45, 7) is 9.17. The molecule has 0 amide bonds. The van der Waals surface area contributed by atoms with Crippen LogP contribution in [0.1, 0.15) is 85.0 Å². The van der Waals surface area contributed by atoms with Crippen molar-refractivity contribution in [2.24, 2.45) is 5.92 Å². The van der Waals surface area contributed by atoms with Gasteiger partial charge >= 0.3 is 0 Å². The molecular formula is C16H35N. The second-order valence-corrected chi connectivity index (χ2v) is 5.72. The summed E-state index contributed by atoms with van der Waals surface area (Å²) in [4.78, 5) is 0. The summed E-state index contributed by atoms with van der Waals surface area (Å²) in [7, 11) is 0. The largest absolute Gasteiger partial charge is 0.317 e. The highest BCUT2D eigenvalue weighted by molar-refractivity contribution is 4.50. The van der Waals surface area contributed by atoms with E-state index in [9.17, 15) is 0 Å². The van der Waals surface area contributed by atoms with Crippen molar-refractivity contribution >= 4 is 0 Å². The van der Waals surface area contributed by atoms with Crippen molar-refractivity contribution < 1.29 is 0 Å². The summed E-state index contributed by atoms with van der Waals surface area (Å²) in [6.07, 6.45) is 14.4. The summed E-state index contributed by atoms with van der Waals surface area (Å²) in [5.41, 5.74) is 0. The summed E-state index contributed by atoms with van der Waals surface area (Å²) in [6, 6.07) is 0. The van der Waals surface area contributed by atoms with E-state index in [0.717, 1.165) is 12.5 Å². The van der Waals surface area contributed by atoms with Gasteiger partial charge < -0.3 is 5.32 Å². The van der Waals surface area contributed by atoms with Crippen molar-refractivity contribution in [3.8, 4) is 0 Å². The maximum absolute atomic E-state index is 3.38. The summed E-state index contributed by atoms with van der Waals surface area (Å²) >= 11 is 0. The average molecular weight is 241 g/mol. The fourth-order valence-electron chi connectivity index (χ4n) is 2.22. The molecule has 0 atom stereocenters. The minimum absolute atomic E-state index is 0.895. The van der Waals surface area contributed by atoms with E-state index in [-0.39, 0.29) is 0 Å². The lowest BCUT2D eigenvalue weighted by Crippen LogP contribution is -2.13. The maximum atomic E-state index is 3.38. The van der Waals surface area contributed by atoms with Crippen molar-refractivity contribution in [2.75, 3.05) is 13.1 Å². The number of nitrogens with one attached hydrogen (secondary N) is 1. The quantitative estimate of drug-likeness (QED) is 0.440. The molecule has 0 saturated carbocycles. The first-order chi connectivity index (χ1) is 8.27. The van der Waals surface area contributed by atoms with E-state index in [4.69, 9.17) is 0 Å². The molecule has 0 rings (SSSR count). The first-order valence-electron chi connectivity index (χ1n) is 7.98. The third-order valence-corrected chi connectivity index (χ3v) is 3.39. The van der Waals surface area contributed by atoms with Gasteiger partial charge in [-0.1, -0.05) is 78.6 Å². The Morgan fingerprint density at radius 1 is 0.706 bits per heavy atom. The lowest BCUT2D eigenvalue weighted by molar-refractivity contribution is 0.504. The van der Waals surface area contributed by atoms with Crippen molar-refractivity contribution in [1.29, 1.82) is 0 Å². The molecule has 0 spiro atoms. The van der Waals surface area contributed by atoms with Gasteiger partial charge in [-0.2, -0.15) is 0 Å². The molecule has 17 heavy (non-hydrogen) atoms. The highest BCUT2D eigenvalue weighted by Gasteiger charge is 1.95. The molecule has 0 bridgehead atoms. The van der Waals surface area contributed by atoms with E-state index in [1.165, 1.54) is 70.8 Å². The van der Waals surface area contributed by atoms with Crippen LogP contribution in [0.5, 0.6) is 0 Å². The minimum atomic E-state index is 0.895. The number of rotatable bonds is 13. The van der Waals surface area contributed by atoms with Crippen LogP contribution in [0, 0.1) is 5.92 Å².